The van der Waals surface area contributed by atoms with Gasteiger partial charge >= 0.3 is 5.97 Å². The molecule has 8 nitrogen and oxygen atoms in total. The number of ether oxygens (including phenoxy) is 1. The lowest BCUT2D eigenvalue weighted by Gasteiger charge is -2.21. The van der Waals surface area contributed by atoms with Gasteiger partial charge in [0, 0.05) is 28.3 Å². The molecule has 4 aromatic rings. The van der Waals surface area contributed by atoms with E-state index in [-0.39, 0.29) is 12.2 Å². The lowest BCUT2D eigenvalue weighted by Crippen LogP contribution is -2.32. The van der Waals surface area contributed by atoms with E-state index in [0.717, 1.165) is 27.7 Å². The first-order chi connectivity index (χ1) is 14.1. The molecule has 1 aromatic carbocycles. The van der Waals surface area contributed by atoms with Crippen LogP contribution in [-0.4, -0.2) is 30.8 Å². The van der Waals surface area contributed by atoms with Crippen molar-refractivity contribution in [1.29, 1.82) is 0 Å². The van der Waals surface area contributed by atoms with Crippen LogP contribution in [0.2, 0.25) is 0 Å². The molecule has 0 radical (unpaired) electrons. The fraction of sp³-hybridized carbons (Fsp3) is 0.143. The fourth-order valence-corrected chi connectivity index (χ4v) is 4.27. The van der Waals surface area contributed by atoms with Gasteiger partial charge in [0.2, 0.25) is 0 Å². The van der Waals surface area contributed by atoms with Crippen molar-refractivity contribution < 1.29 is 14.6 Å². The highest BCUT2D eigenvalue weighted by molar-refractivity contribution is 5.98. The van der Waals surface area contributed by atoms with Gasteiger partial charge in [-0.2, -0.15) is 5.10 Å². The summed E-state index contributed by atoms with van der Waals surface area (Å²) in [4.78, 5) is 29.7. The van der Waals surface area contributed by atoms with Crippen LogP contribution >= 0.6 is 0 Å². The van der Waals surface area contributed by atoms with Crippen LogP contribution in [0.1, 0.15) is 22.8 Å². The number of pyridine rings is 2. The number of esters is 1. The molecule has 5 heterocycles. The van der Waals surface area contributed by atoms with Crippen LogP contribution in [0.5, 0.6) is 0 Å². The second-order valence-corrected chi connectivity index (χ2v) is 7.16. The van der Waals surface area contributed by atoms with Crippen molar-refractivity contribution in [3.63, 3.8) is 0 Å². The second-order valence-electron chi connectivity index (χ2n) is 7.16. The number of aliphatic hydroxyl groups is 1. The molecule has 3 aromatic heterocycles. The monoisotopic (exact) mass is 386 g/mol. The molecule has 0 bridgehead atoms. The van der Waals surface area contributed by atoms with E-state index >= 15 is 0 Å². The average Bonchev–Trinajstić information content (AvgIpc) is 3.38. The van der Waals surface area contributed by atoms with Gasteiger partial charge in [0.05, 0.1) is 34.7 Å². The number of nitrogens with zero attached hydrogens (tertiary/aromatic N) is 3. The first-order valence-electron chi connectivity index (χ1n) is 9.17. The molecule has 0 saturated heterocycles. The summed E-state index contributed by atoms with van der Waals surface area (Å²) in [6.07, 6.45) is 0.288. The number of carbonyl (C=O) groups is 1. The second kappa shape index (κ2) is 5.62. The number of cyclic esters (lactones) is 1. The Labute approximate surface area is 163 Å². The number of benzene rings is 1. The van der Waals surface area contributed by atoms with Crippen LogP contribution in [0.4, 0.5) is 0 Å². The average molecular weight is 386 g/mol. The van der Waals surface area contributed by atoms with E-state index in [4.69, 9.17) is 9.72 Å². The third-order valence-corrected chi connectivity index (χ3v) is 5.62. The molecule has 1 atom stereocenters. The molecule has 29 heavy (non-hydrogen) atoms. The zero-order valence-electron chi connectivity index (χ0n) is 15.0. The van der Waals surface area contributed by atoms with Gasteiger partial charge in [0.15, 0.2) is 6.10 Å². The summed E-state index contributed by atoms with van der Waals surface area (Å²) in [7, 11) is 0. The van der Waals surface area contributed by atoms with Crippen molar-refractivity contribution in [2.75, 3.05) is 0 Å². The summed E-state index contributed by atoms with van der Waals surface area (Å²) in [6.45, 7) is 0.198. The van der Waals surface area contributed by atoms with Crippen molar-refractivity contribution in [3.05, 3.63) is 69.6 Å². The Balaban J connectivity index is 1.70. The predicted octanol–water partition coefficient (Wildman–Crippen LogP) is 1.91. The minimum absolute atomic E-state index is 0.137. The van der Waals surface area contributed by atoms with E-state index in [1.54, 1.807) is 16.8 Å². The number of aromatic amines is 1. The van der Waals surface area contributed by atoms with Crippen LogP contribution in [-0.2, 0) is 22.7 Å². The molecule has 2 N–H and O–H groups in total. The molecule has 8 heteroatoms. The first kappa shape index (κ1) is 16.2. The SMILES string of the molecule is O=C1OCc2c(cc3n(c2=O)Cc2c-3nc3ccccc3c2-c2cc[nH]n2)C1O. The molecule has 0 saturated carbocycles. The fourth-order valence-electron chi connectivity index (χ4n) is 4.27. The van der Waals surface area contributed by atoms with E-state index in [9.17, 15) is 14.7 Å². The number of hydrogen-bond donors (Lipinski definition) is 2. The van der Waals surface area contributed by atoms with Crippen molar-refractivity contribution in [2.24, 2.45) is 0 Å². The number of aliphatic hydroxyl groups excluding tert-OH is 1. The minimum Gasteiger partial charge on any atom is -0.458 e. The van der Waals surface area contributed by atoms with Gasteiger partial charge in [0.25, 0.3) is 5.56 Å². The number of hydrogen-bond acceptors (Lipinski definition) is 6. The van der Waals surface area contributed by atoms with Gasteiger partial charge in [-0.05, 0) is 18.2 Å². The third kappa shape index (κ3) is 2.11. The predicted molar refractivity (Wildman–Crippen MR) is 103 cm³/mol. The van der Waals surface area contributed by atoms with Crippen molar-refractivity contribution in [3.8, 4) is 22.6 Å². The van der Waals surface area contributed by atoms with Crippen LogP contribution in [0.3, 0.4) is 0 Å². The van der Waals surface area contributed by atoms with Gasteiger partial charge in [-0.15, -0.1) is 0 Å². The molecule has 6 rings (SSSR count). The Morgan fingerprint density at radius 2 is 2.03 bits per heavy atom. The lowest BCUT2D eigenvalue weighted by atomic mass is 9.97. The molecular formula is C21H14N4O4. The minimum atomic E-state index is -1.47. The van der Waals surface area contributed by atoms with E-state index in [2.05, 4.69) is 10.2 Å². The van der Waals surface area contributed by atoms with E-state index < -0.39 is 12.1 Å². The number of H-pyrrole nitrogens is 1. The topological polar surface area (TPSA) is 110 Å². The van der Waals surface area contributed by atoms with E-state index in [1.807, 2.05) is 30.3 Å². The number of carbonyl (C=O) groups excluding carboxylic acids is 1. The Morgan fingerprint density at radius 3 is 2.86 bits per heavy atom. The van der Waals surface area contributed by atoms with Crippen LogP contribution < -0.4 is 5.56 Å². The third-order valence-electron chi connectivity index (χ3n) is 5.62. The summed E-state index contributed by atoms with van der Waals surface area (Å²) in [5.41, 5.74) is 4.91. The van der Waals surface area contributed by atoms with Gasteiger partial charge < -0.3 is 14.4 Å². The molecule has 142 valence electrons. The highest BCUT2D eigenvalue weighted by Crippen LogP contribution is 2.41. The zero-order valence-corrected chi connectivity index (χ0v) is 15.0. The molecule has 0 spiro atoms. The highest BCUT2D eigenvalue weighted by atomic mass is 16.5. The molecule has 2 aliphatic heterocycles. The zero-order chi connectivity index (χ0) is 19.7. The number of nitrogens with one attached hydrogen (secondary N) is 1. The maximum atomic E-state index is 13.1. The first-order valence-corrected chi connectivity index (χ1v) is 9.17. The van der Waals surface area contributed by atoms with Gasteiger partial charge in [-0.3, -0.25) is 9.89 Å². The number of para-hydroxylation sites is 1. The molecule has 2 aliphatic rings. The Bertz CT molecular complexity index is 1390. The Hall–Kier alpha value is -3.78. The molecule has 0 aliphatic carbocycles. The molecular weight excluding hydrogens is 372 g/mol. The summed E-state index contributed by atoms with van der Waals surface area (Å²) in [5, 5.41) is 18.4. The Morgan fingerprint density at radius 1 is 1.17 bits per heavy atom. The number of rotatable bonds is 1. The smallest absolute Gasteiger partial charge is 0.340 e. The summed E-state index contributed by atoms with van der Waals surface area (Å²) >= 11 is 0. The molecule has 0 fully saturated rings. The summed E-state index contributed by atoms with van der Waals surface area (Å²) in [5.74, 6) is -0.747. The van der Waals surface area contributed by atoms with Crippen LogP contribution in [0.25, 0.3) is 33.5 Å². The summed E-state index contributed by atoms with van der Waals surface area (Å²) < 4.78 is 6.57. The van der Waals surface area contributed by atoms with Gasteiger partial charge in [-0.1, -0.05) is 18.2 Å². The summed E-state index contributed by atoms with van der Waals surface area (Å²) in [6, 6.07) is 11.3. The highest BCUT2D eigenvalue weighted by Gasteiger charge is 2.34. The van der Waals surface area contributed by atoms with Crippen molar-refractivity contribution in [1.82, 2.24) is 19.7 Å². The number of fused-ring (bicyclic) bond motifs is 5. The standard InChI is InChI=1S/C21H14N4O4/c26-19-11-7-16-18-12(8-25(16)20(27)13(11)9-29-21(19)28)17(15-5-6-22-24-15)10-3-1-2-4-14(10)23-18/h1-7,19,26H,8-9H2,(H,22,24). The molecule has 0 amide bonds. The quantitative estimate of drug-likeness (QED) is 0.426. The maximum Gasteiger partial charge on any atom is 0.340 e. The number of aromatic nitrogens is 4. The normalized spacial score (nSPS) is 17.0. The van der Waals surface area contributed by atoms with Gasteiger partial charge in [-0.25, -0.2) is 9.78 Å². The van der Waals surface area contributed by atoms with E-state index in [1.165, 1.54) is 0 Å². The van der Waals surface area contributed by atoms with Crippen LogP contribution in [0, 0.1) is 0 Å². The van der Waals surface area contributed by atoms with E-state index in [0.29, 0.717) is 29.1 Å². The van der Waals surface area contributed by atoms with Gasteiger partial charge in [0.1, 0.15) is 6.61 Å². The van der Waals surface area contributed by atoms with Crippen LogP contribution in [0.15, 0.2) is 47.4 Å². The van der Waals surface area contributed by atoms with Crippen molar-refractivity contribution >= 4 is 16.9 Å². The molecule has 1 unspecified atom stereocenters. The van der Waals surface area contributed by atoms with Crippen molar-refractivity contribution in [2.45, 2.75) is 19.3 Å². The lowest BCUT2D eigenvalue weighted by molar-refractivity contribution is -0.157. The largest absolute Gasteiger partial charge is 0.458 e. The maximum absolute atomic E-state index is 13.1. The Kier molecular flexibility index (Phi) is 3.14.